The van der Waals surface area contributed by atoms with Crippen molar-refractivity contribution in [3.8, 4) is 0 Å². The molecule has 0 fully saturated rings. The summed E-state index contributed by atoms with van der Waals surface area (Å²) >= 11 is 0. The Labute approximate surface area is 112 Å². The van der Waals surface area contributed by atoms with Crippen molar-refractivity contribution in [2.24, 2.45) is 5.73 Å². The summed E-state index contributed by atoms with van der Waals surface area (Å²) in [6.07, 6.45) is 4.04. The van der Waals surface area contributed by atoms with E-state index in [9.17, 15) is 4.79 Å². The Hall–Kier alpha value is -2.55. The second-order valence-electron chi connectivity index (χ2n) is 4.52. The molecule has 0 saturated heterocycles. The lowest BCUT2D eigenvalue weighted by Gasteiger charge is -2.26. The summed E-state index contributed by atoms with van der Waals surface area (Å²) in [6.45, 7) is 0.662. The van der Waals surface area contributed by atoms with Gasteiger partial charge in [-0.15, -0.1) is 0 Å². The van der Waals surface area contributed by atoms with Crippen LogP contribution in [0.5, 0.6) is 0 Å². The summed E-state index contributed by atoms with van der Waals surface area (Å²) in [7, 11) is 0. The third kappa shape index (κ3) is 2.10. The smallest absolute Gasteiger partial charge is 0.249 e. The molecule has 0 saturated carbocycles. The molecular formula is C16H14N2O. The number of carbonyl (C=O) groups is 1. The fourth-order valence-corrected chi connectivity index (χ4v) is 2.36. The molecule has 1 aliphatic heterocycles. The second kappa shape index (κ2) is 4.61. The van der Waals surface area contributed by atoms with Crippen LogP contribution in [-0.4, -0.2) is 5.91 Å². The summed E-state index contributed by atoms with van der Waals surface area (Å²) in [4.78, 5) is 13.6. The predicted molar refractivity (Wildman–Crippen MR) is 76.6 cm³/mol. The third-order valence-electron chi connectivity index (χ3n) is 3.33. The molecule has 0 unspecified atom stereocenters. The molecule has 19 heavy (non-hydrogen) atoms. The van der Waals surface area contributed by atoms with Crippen molar-refractivity contribution in [2.45, 2.75) is 6.54 Å². The number of carbonyl (C=O) groups excluding carboxylic acids is 1. The van der Waals surface area contributed by atoms with Gasteiger partial charge in [0.2, 0.25) is 5.91 Å². The summed E-state index contributed by atoms with van der Waals surface area (Å²) in [5.74, 6) is -0.375. The predicted octanol–water partition coefficient (Wildman–Crippen LogP) is 2.78. The lowest BCUT2D eigenvalue weighted by Crippen LogP contribution is -2.23. The molecule has 2 aromatic rings. The Morgan fingerprint density at radius 1 is 1.05 bits per heavy atom. The number of benzene rings is 2. The fourth-order valence-electron chi connectivity index (χ4n) is 2.36. The number of rotatable bonds is 2. The first-order chi connectivity index (χ1) is 9.25. The van der Waals surface area contributed by atoms with Crippen molar-refractivity contribution < 1.29 is 4.79 Å². The van der Waals surface area contributed by atoms with Gasteiger partial charge in [-0.1, -0.05) is 30.3 Å². The molecule has 0 spiro atoms. The molecule has 1 aliphatic rings. The first-order valence-electron chi connectivity index (χ1n) is 6.17. The molecule has 0 aliphatic carbocycles. The molecule has 1 amide bonds. The maximum atomic E-state index is 11.5. The van der Waals surface area contributed by atoms with Gasteiger partial charge in [-0.25, -0.2) is 0 Å². The lowest BCUT2D eigenvalue weighted by atomic mass is 9.97. The van der Waals surface area contributed by atoms with Gasteiger partial charge < -0.3 is 10.6 Å². The van der Waals surface area contributed by atoms with Crippen molar-refractivity contribution in [3.05, 3.63) is 71.4 Å². The monoisotopic (exact) mass is 250 g/mol. The van der Waals surface area contributed by atoms with E-state index in [0.717, 1.165) is 16.8 Å². The molecule has 3 heteroatoms. The van der Waals surface area contributed by atoms with Gasteiger partial charge >= 0.3 is 0 Å². The Balaban J connectivity index is 2.02. The minimum Gasteiger partial charge on any atom is -0.366 e. The van der Waals surface area contributed by atoms with Crippen LogP contribution in [0.4, 0.5) is 5.69 Å². The summed E-state index contributed by atoms with van der Waals surface area (Å²) in [6, 6.07) is 15.7. The standard InChI is InChI=1S/C16H14N2O/c17-16(19)14-8-4-5-12-9-10-18(11-15(12)14)13-6-2-1-3-7-13/h1-10H,11H2,(H2,17,19). The van der Waals surface area contributed by atoms with Crippen molar-refractivity contribution in [3.63, 3.8) is 0 Å². The number of nitrogens with zero attached hydrogens (tertiary/aromatic N) is 1. The van der Waals surface area contributed by atoms with E-state index in [1.165, 1.54) is 0 Å². The van der Waals surface area contributed by atoms with Crippen molar-refractivity contribution in [1.29, 1.82) is 0 Å². The van der Waals surface area contributed by atoms with E-state index in [1.54, 1.807) is 6.07 Å². The highest BCUT2D eigenvalue weighted by Crippen LogP contribution is 2.27. The molecule has 3 nitrogen and oxygen atoms in total. The van der Waals surface area contributed by atoms with E-state index in [4.69, 9.17) is 5.73 Å². The summed E-state index contributed by atoms with van der Waals surface area (Å²) in [5, 5.41) is 0. The molecular weight excluding hydrogens is 236 g/mol. The van der Waals surface area contributed by atoms with Crippen LogP contribution in [0, 0.1) is 0 Å². The van der Waals surface area contributed by atoms with Crippen LogP contribution in [0.1, 0.15) is 21.5 Å². The van der Waals surface area contributed by atoms with Gasteiger partial charge in [0, 0.05) is 24.0 Å². The van der Waals surface area contributed by atoms with E-state index in [2.05, 4.69) is 4.90 Å². The van der Waals surface area contributed by atoms with Crippen LogP contribution in [0.25, 0.3) is 6.08 Å². The van der Waals surface area contributed by atoms with E-state index >= 15 is 0 Å². The highest BCUT2D eigenvalue weighted by molar-refractivity contribution is 5.95. The fraction of sp³-hybridized carbons (Fsp3) is 0.0625. The van der Waals surface area contributed by atoms with E-state index in [0.29, 0.717) is 12.1 Å². The van der Waals surface area contributed by atoms with Crippen LogP contribution >= 0.6 is 0 Å². The number of fused-ring (bicyclic) bond motifs is 1. The maximum Gasteiger partial charge on any atom is 0.249 e. The maximum absolute atomic E-state index is 11.5. The first kappa shape index (κ1) is 11.5. The van der Waals surface area contributed by atoms with Gasteiger partial charge in [0.25, 0.3) is 0 Å². The zero-order valence-corrected chi connectivity index (χ0v) is 10.4. The summed E-state index contributed by atoms with van der Waals surface area (Å²) in [5.41, 5.74) is 9.19. The Kier molecular flexibility index (Phi) is 2.80. The highest BCUT2D eigenvalue weighted by atomic mass is 16.1. The quantitative estimate of drug-likeness (QED) is 0.890. The molecule has 2 aromatic carbocycles. The van der Waals surface area contributed by atoms with Crippen molar-refractivity contribution in [2.75, 3.05) is 4.90 Å². The van der Waals surface area contributed by atoms with Crippen LogP contribution in [0.15, 0.2) is 54.7 Å². The second-order valence-corrected chi connectivity index (χ2v) is 4.52. The minimum atomic E-state index is -0.375. The molecule has 0 radical (unpaired) electrons. The zero-order valence-electron chi connectivity index (χ0n) is 10.4. The Bertz CT molecular complexity index is 647. The van der Waals surface area contributed by atoms with Gasteiger partial charge in [-0.3, -0.25) is 4.79 Å². The van der Waals surface area contributed by atoms with E-state index in [1.807, 2.05) is 54.7 Å². The average Bonchev–Trinajstić information content (AvgIpc) is 2.47. The topological polar surface area (TPSA) is 46.3 Å². The largest absolute Gasteiger partial charge is 0.366 e. The zero-order chi connectivity index (χ0) is 13.2. The molecule has 0 aromatic heterocycles. The lowest BCUT2D eigenvalue weighted by molar-refractivity contribution is 0.0999. The molecule has 1 heterocycles. The first-order valence-corrected chi connectivity index (χ1v) is 6.17. The number of hydrogen-bond donors (Lipinski definition) is 1. The SMILES string of the molecule is NC(=O)c1cccc2c1CN(c1ccccc1)C=C2. The number of hydrogen-bond acceptors (Lipinski definition) is 2. The number of nitrogens with two attached hydrogens (primary N) is 1. The third-order valence-corrected chi connectivity index (χ3v) is 3.33. The molecule has 2 N–H and O–H groups in total. The van der Waals surface area contributed by atoms with Gasteiger partial charge in [-0.2, -0.15) is 0 Å². The van der Waals surface area contributed by atoms with Crippen LogP contribution in [0.2, 0.25) is 0 Å². The average molecular weight is 250 g/mol. The Morgan fingerprint density at radius 2 is 1.84 bits per heavy atom. The molecule has 0 bridgehead atoms. The minimum absolute atomic E-state index is 0.375. The number of amides is 1. The highest BCUT2D eigenvalue weighted by Gasteiger charge is 2.17. The van der Waals surface area contributed by atoms with Gasteiger partial charge in [0.05, 0.1) is 0 Å². The van der Waals surface area contributed by atoms with Gasteiger partial charge in [0.15, 0.2) is 0 Å². The number of anilines is 1. The van der Waals surface area contributed by atoms with Crippen LogP contribution < -0.4 is 10.6 Å². The van der Waals surface area contributed by atoms with E-state index in [-0.39, 0.29) is 5.91 Å². The van der Waals surface area contributed by atoms with Crippen molar-refractivity contribution in [1.82, 2.24) is 0 Å². The van der Waals surface area contributed by atoms with Crippen molar-refractivity contribution >= 4 is 17.7 Å². The Morgan fingerprint density at radius 3 is 2.58 bits per heavy atom. The van der Waals surface area contributed by atoms with Gasteiger partial charge in [-0.05, 0) is 35.4 Å². The molecule has 94 valence electrons. The summed E-state index contributed by atoms with van der Waals surface area (Å²) < 4.78 is 0. The van der Waals surface area contributed by atoms with Crippen LogP contribution in [0.3, 0.4) is 0 Å². The van der Waals surface area contributed by atoms with E-state index < -0.39 is 0 Å². The normalized spacial score (nSPS) is 13.2. The number of primary amides is 1. The van der Waals surface area contributed by atoms with Gasteiger partial charge in [0.1, 0.15) is 0 Å². The number of para-hydroxylation sites is 1. The molecule has 3 rings (SSSR count). The van der Waals surface area contributed by atoms with Crippen LogP contribution in [-0.2, 0) is 6.54 Å². The molecule has 0 atom stereocenters.